The number of hydrogen-bond acceptors (Lipinski definition) is 7. The average molecular weight is 546 g/mol. The van der Waals surface area contributed by atoms with Crippen molar-refractivity contribution in [2.45, 2.75) is 75.7 Å². The summed E-state index contributed by atoms with van der Waals surface area (Å²) in [6.45, 7) is 1.88. The van der Waals surface area contributed by atoms with Crippen molar-refractivity contribution in [1.29, 1.82) is 0 Å². The second-order valence-corrected chi connectivity index (χ2v) is 9.90. The van der Waals surface area contributed by atoms with Crippen LogP contribution in [-0.2, 0) is 35.2 Å². The van der Waals surface area contributed by atoms with Crippen molar-refractivity contribution < 1.29 is 39.0 Å². The lowest BCUT2D eigenvalue weighted by atomic mass is 10.0. The number of likely N-dealkylation sites (tertiary alicyclic amines) is 2. The van der Waals surface area contributed by atoms with Crippen molar-refractivity contribution in [2.24, 2.45) is 5.73 Å². The van der Waals surface area contributed by atoms with Crippen LogP contribution in [0.1, 0.15) is 44.6 Å². The van der Waals surface area contributed by atoms with Gasteiger partial charge in [0.15, 0.2) is 0 Å². The third-order valence-corrected chi connectivity index (χ3v) is 7.02. The maximum absolute atomic E-state index is 13.3. The SMILES string of the molecule is C[C@H](NC(=O)[C@@H]1CCCN1C(=O)[C@H](CC(=O)O)NC(=O)[C@@H](N)Cc1ccccc1)C(=O)N1CCC[C@H]1C(=O)O. The van der Waals surface area contributed by atoms with Gasteiger partial charge >= 0.3 is 11.9 Å². The number of nitrogens with one attached hydrogen (secondary N) is 2. The zero-order chi connectivity index (χ0) is 28.7. The van der Waals surface area contributed by atoms with Gasteiger partial charge in [0, 0.05) is 13.1 Å². The standard InChI is InChI=1S/C26H35N5O8/c1-15(24(36)31-12-6-10-20(31)26(38)39)28-23(35)19-9-5-11-30(19)25(37)18(14-21(32)33)29-22(34)17(27)13-16-7-3-2-4-8-16/h2-4,7-8,15,17-20H,5-6,9-14,27H2,1H3,(H,28,35)(H,29,34)(H,32,33)(H,38,39)/t15-,17-,18-,19-,20-/m0/s1. The molecule has 4 amide bonds. The number of nitrogens with two attached hydrogens (primary N) is 1. The molecule has 5 atom stereocenters. The normalized spacial score (nSPS) is 21.1. The quantitative estimate of drug-likeness (QED) is 0.233. The maximum Gasteiger partial charge on any atom is 0.326 e. The van der Waals surface area contributed by atoms with Gasteiger partial charge in [-0.2, -0.15) is 0 Å². The summed E-state index contributed by atoms with van der Waals surface area (Å²) in [4.78, 5) is 77.3. The molecule has 1 aromatic rings. The third-order valence-electron chi connectivity index (χ3n) is 7.02. The number of carbonyl (C=O) groups is 6. The lowest BCUT2D eigenvalue weighted by molar-refractivity contribution is -0.149. The van der Waals surface area contributed by atoms with Crippen LogP contribution in [0.15, 0.2) is 30.3 Å². The van der Waals surface area contributed by atoms with Gasteiger partial charge in [0.25, 0.3) is 0 Å². The molecule has 13 heteroatoms. The van der Waals surface area contributed by atoms with E-state index < -0.39 is 72.2 Å². The first kappa shape index (κ1) is 29.6. The van der Waals surface area contributed by atoms with E-state index in [0.717, 1.165) is 5.56 Å². The van der Waals surface area contributed by atoms with Crippen LogP contribution in [-0.4, -0.2) is 98.9 Å². The van der Waals surface area contributed by atoms with Gasteiger partial charge in [-0.3, -0.25) is 24.0 Å². The van der Waals surface area contributed by atoms with Crippen molar-refractivity contribution >= 4 is 35.6 Å². The number of benzene rings is 1. The number of nitrogens with zero attached hydrogens (tertiary/aromatic N) is 2. The summed E-state index contributed by atoms with van der Waals surface area (Å²) >= 11 is 0. The molecule has 39 heavy (non-hydrogen) atoms. The Hall–Kier alpha value is -4.00. The Kier molecular flexibility index (Phi) is 9.99. The van der Waals surface area contributed by atoms with Crippen LogP contribution >= 0.6 is 0 Å². The molecule has 212 valence electrons. The predicted octanol–water partition coefficient (Wildman–Crippen LogP) is -0.913. The molecule has 0 aromatic heterocycles. The molecule has 6 N–H and O–H groups in total. The van der Waals surface area contributed by atoms with E-state index in [9.17, 15) is 39.0 Å². The van der Waals surface area contributed by atoms with Gasteiger partial charge in [-0.15, -0.1) is 0 Å². The zero-order valence-corrected chi connectivity index (χ0v) is 21.7. The van der Waals surface area contributed by atoms with E-state index >= 15 is 0 Å². The largest absolute Gasteiger partial charge is 0.481 e. The van der Waals surface area contributed by atoms with Crippen molar-refractivity contribution in [3.05, 3.63) is 35.9 Å². The predicted molar refractivity (Wildman–Crippen MR) is 137 cm³/mol. The summed E-state index contributed by atoms with van der Waals surface area (Å²) in [5.74, 6) is -5.01. The highest BCUT2D eigenvalue weighted by molar-refractivity contribution is 5.97. The van der Waals surface area contributed by atoms with E-state index in [1.165, 1.54) is 16.7 Å². The monoisotopic (exact) mass is 545 g/mol. The average Bonchev–Trinajstić information content (AvgIpc) is 3.58. The summed E-state index contributed by atoms with van der Waals surface area (Å²) in [7, 11) is 0. The zero-order valence-electron chi connectivity index (χ0n) is 21.7. The minimum atomic E-state index is -1.44. The molecule has 2 aliphatic heterocycles. The molecule has 0 saturated carbocycles. The molecular weight excluding hydrogens is 510 g/mol. The number of hydrogen-bond donors (Lipinski definition) is 5. The van der Waals surface area contributed by atoms with Gasteiger partial charge < -0.3 is 36.4 Å². The lowest BCUT2D eigenvalue weighted by Crippen LogP contribution is -2.58. The Morgan fingerprint density at radius 2 is 1.51 bits per heavy atom. The van der Waals surface area contributed by atoms with Gasteiger partial charge in [0.2, 0.25) is 23.6 Å². The Balaban J connectivity index is 1.65. The number of carbonyl (C=O) groups excluding carboxylic acids is 4. The molecular formula is C26H35N5O8. The first-order valence-electron chi connectivity index (χ1n) is 13.0. The minimum Gasteiger partial charge on any atom is -0.481 e. The summed E-state index contributed by atoms with van der Waals surface area (Å²) in [5, 5.41) is 23.7. The van der Waals surface area contributed by atoms with E-state index in [0.29, 0.717) is 19.3 Å². The van der Waals surface area contributed by atoms with Crippen LogP contribution in [0.2, 0.25) is 0 Å². The van der Waals surface area contributed by atoms with Crippen LogP contribution in [0.5, 0.6) is 0 Å². The van der Waals surface area contributed by atoms with Crippen LogP contribution in [0.4, 0.5) is 0 Å². The Labute approximate surface area is 225 Å². The summed E-state index contributed by atoms with van der Waals surface area (Å²) in [5.41, 5.74) is 6.80. The second kappa shape index (κ2) is 13.2. The van der Waals surface area contributed by atoms with Gasteiger partial charge in [0.05, 0.1) is 12.5 Å². The van der Waals surface area contributed by atoms with Crippen LogP contribution < -0.4 is 16.4 Å². The van der Waals surface area contributed by atoms with E-state index in [4.69, 9.17) is 5.73 Å². The molecule has 0 bridgehead atoms. The number of amides is 4. The van der Waals surface area contributed by atoms with Crippen molar-refractivity contribution in [1.82, 2.24) is 20.4 Å². The molecule has 3 rings (SSSR count). The highest BCUT2D eigenvalue weighted by Crippen LogP contribution is 2.21. The number of carboxylic acids is 2. The second-order valence-electron chi connectivity index (χ2n) is 9.90. The molecule has 0 radical (unpaired) electrons. The van der Waals surface area contributed by atoms with E-state index in [-0.39, 0.29) is 25.9 Å². The first-order chi connectivity index (χ1) is 18.5. The van der Waals surface area contributed by atoms with Gasteiger partial charge in [-0.1, -0.05) is 30.3 Å². The maximum atomic E-state index is 13.3. The van der Waals surface area contributed by atoms with Crippen LogP contribution in [0, 0.1) is 0 Å². The Morgan fingerprint density at radius 1 is 0.923 bits per heavy atom. The van der Waals surface area contributed by atoms with Gasteiger partial charge in [0.1, 0.15) is 24.2 Å². The molecule has 2 fully saturated rings. The molecule has 13 nitrogen and oxygen atoms in total. The van der Waals surface area contributed by atoms with Crippen molar-refractivity contribution in [2.75, 3.05) is 13.1 Å². The smallest absolute Gasteiger partial charge is 0.326 e. The minimum absolute atomic E-state index is 0.161. The molecule has 0 spiro atoms. The molecule has 2 heterocycles. The van der Waals surface area contributed by atoms with E-state index in [2.05, 4.69) is 10.6 Å². The third kappa shape index (κ3) is 7.53. The summed E-state index contributed by atoms with van der Waals surface area (Å²) < 4.78 is 0. The number of aliphatic carboxylic acids is 2. The van der Waals surface area contributed by atoms with E-state index in [1.807, 2.05) is 6.07 Å². The molecule has 0 aliphatic carbocycles. The van der Waals surface area contributed by atoms with E-state index in [1.54, 1.807) is 24.3 Å². The highest BCUT2D eigenvalue weighted by atomic mass is 16.4. The summed E-state index contributed by atoms with van der Waals surface area (Å²) in [6.07, 6.45) is 1.09. The molecule has 2 aliphatic rings. The van der Waals surface area contributed by atoms with Crippen molar-refractivity contribution in [3.8, 4) is 0 Å². The first-order valence-corrected chi connectivity index (χ1v) is 13.0. The van der Waals surface area contributed by atoms with Crippen LogP contribution in [0.3, 0.4) is 0 Å². The Morgan fingerprint density at radius 3 is 2.10 bits per heavy atom. The van der Waals surface area contributed by atoms with Crippen molar-refractivity contribution in [3.63, 3.8) is 0 Å². The van der Waals surface area contributed by atoms with Gasteiger partial charge in [-0.25, -0.2) is 4.79 Å². The topological polar surface area (TPSA) is 199 Å². The number of carboxylic acid groups (broad SMARTS) is 2. The molecule has 0 unspecified atom stereocenters. The highest BCUT2D eigenvalue weighted by Gasteiger charge is 2.41. The van der Waals surface area contributed by atoms with Crippen LogP contribution in [0.25, 0.3) is 0 Å². The van der Waals surface area contributed by atoms with Gasteiger partial charge in [-0.05, 0) is 44.6 Å². The fraction of sp³-hybridized carbons (Fsp3) is 0.538. The fourth-order valence-corrected chi connectivity index (χ4v) is 5.02. The lowest BCUT2D eigenvalue weighted by Gasteiger charge is -2.30. The number of rotatable bonds is 11. The fourth-order valence-electron chi connectivity index (χ4n) is 5.02. The Bertz CT molecular complexity index is 1100. The molecule has 2 saturated heterocycles. The summed E-state index contributed by atoms with van der Waals surface area (Å²) in [6, 6.07) is 3.55. The molecule has 1 aromatic carbocycles.